The largest absolute Gasteiger partial charge is 0.469 e. The number of furan rings is 1. The quantitative estimate of drug-likeness (QED) is 0.916. The van der Waals surface area contributed by atoms with Gasteiger partial charge in [0, 0.05) is 26.2 Å². The highest BCUT2D eigenvalue weighted by Crippen LogP contribution is 2.16. The van der Waals surface area contributed by atoms with Crippen molar-refractivity contribution in [1.29, 1.82) is 0 Å². The van der Waals surface area contributed by atoms with Gasteiger partial charge in [-0.25, -0.2) is 9.18 Å². The van der Waals surface area contributed by atoms with Gasteiger partial charge in [0.2, 0.25) is 0 Å². The van der Waals surface area contributed by atoms with E-state index < -0.39 is 0 Å². The zero-order valence-corrected chi connectivity index (χ0v) is 14.9. The number of hydrogen-bond acceptors (Lipinski definition) is 3. The third kappa shape index (κ3) is 3.87. The maximum absolute atomic E-state index is 13.3. The molecular weight excluding hydrogens is 337 g/mol. The van der Waals surface area contributed by atoms with Crippen LogP contribution in [-0.2, 0) is 0 Å². The van der Waals surface area contributed by atoms with E-state index in [2.05, 4.69) is 5.32 Å². The first-order chi connectivity index (χ1) is 12.5. The highest BCUT2D eigenvalue weighted by Gasteiger charge is 2.27. The summed E-state index contributed by atoms with van der Waals surface area (Å²) in [5.74, 6) is 0.189. The lowest BCUT2D eigenvalue weighted by atomic mass is 10.1. The molecule has 3 amide bonds. The van der Waals surface area contributed by atoms with Gasteiger partial charge in [-0.05, 0) is 37.6 Å². The van der Waals surface area contributed by atoms with Crippen molar-refractivity contribution in [1.82, 2.24) is 15.1 Å². The van der Waals surface area contributed by atoms with Crippen LogP contribution in [0.1, 0.15) is 34.6 Å². The predicted molar refractivity (Wildman–Crippen MR) is 94.3 cm³/mol. The fourth-order valence-corrected chi connectivity index (χ4v) is 3.03. The molecule has 0 aliphatic carbocycles. The number of carbonyl (C=O) groups excluding carboxylic acids is 2. The number of hydrogen-bond donors (Lipinski definition) is 1. The fraction of sp³-hybridized carbons (Fsp3) is 0.368. The van der Waals surface area contributed by atoms with Crippen LogP contribution >= 0.6 is 0 Å². The molecule has 1 fully saturated rings. The number of benzene rings is 1. The van der Waals surface area contributed by atoms with Crippen molar-refractivity contribution < 1.29 is 18.4 Å². The first-order valence-electron chi connectivity index (χ1n) is 8.60. The summed E-state index contributed by atoms with van der Waals surface area (Å²) in [5.41, 5.74) is 1.27. The highest BCUT2D eigenvalue weighted by atomic mass is 19.1. The second-order valence-corrected chi connectivity index (χ2v) is 6.40. The van der Waals surface area contributed by atoms with Gasteiger partial charge in [0.05, 0.1) is 17.9 Å². The van der Waals surface area contributed by atoms with Gasteiger partial charge in [0.1, 0.15) is 11.6 Å². The van der Waals surface area contributed by atoms with Crippen molar-refractivity contribution in [3.05, 3.63) is 59.3 Å². The van der Waals surface area contributed by atoms with Crippen LogP contribution in [-0.4, -0.2) is 47.9 Å². The number of piperazine rings is 1. The molecule has 1 aliphatic heterocycles. The number of nitrogens with zero attached hydrogens (tertiary/aromatic N) is 2. The molecule has 3 rings (SSSR count). The summed E-state index contributed by atoms with van der Waals surface area (Å²) in [6.45, 7) is 5.39. The van der Waals surface area contributed by atoms with E-state index >= 15 is 0 Å². The average Bonchev–Trinajstić information content (AvgIpc) is 3.07. The number of urea groups is 1. The molecule has 1 aromatic heterocycles. The summed E-state index contributed by atoms with van der Waals surface area (Å²) in [7, 11) is 0. The van der Waals surface area contributed by atoms with E-state index in [0.717, 1.165) is 0 Å². The summed E-state index contributed by atoms with van der Waals surface area (Å²) in [4.78, 5) is 28.3. The van der Waals surface area contributed by atoms with Crippen molar-refractivity contribution in [2.75, 3.05) is 26.2 Å². The number of halogens is 1. The molecule has 1 N–H and O–H groups in total. The first kappa shape index (κ1) is 18.0. The fourth-order valence-electron chi connectivity index (χ4n) is 3.03. The molecule has 1 saturated heterocycles. The van der Waals surface area contributed by atoms with E-state index in [-0.39, 0.29) is 23.8 Å². The highest BCUT2D eigenvalue weighted by molar-refractivity contribution is 5.95. The van der Waals surface area contributed by atoms with Crippen LogP contribution in [0.25, 0.3) is 0 Å². The normalized spacial score (nSPS) is 15.7. The van der Waals surface area contributed by atoms with E-state index in [1.165, 1.54) is 18.4 Å². The lowest BCUT2D eigenvalue weighted by molar-refractivity contribution is 0.0662. The minimum absolute atomic E-state index is 0.0792. The molecule has 0 bridgehead atoms. The first-order valence-corrected chi connectivity index (χ1v) is 8.60. The molecule has 2 aromatic rings. The van der Waals surface area contributed by atoms with Crippen LogP contribution in [0.5, 0.6) is 0 Å². The van der Waals surface area contributed by atoms with E-state index in [1.54, 1.807) is 34.9 Å². The number of nitrogens with one attached hydrogen (secondary N) is 1. The smallest absolute Gasteiger partial charge is 0.317 e. The lowest BCUT2D eigenvalue weighted by Gasteiger charge is -2.35. The Labute approximate surface area is 151 Å². The third-order valence-corrected chi connectivity index (χ3v) is 4.63. The van der Waals surface area contributed by atoms with Crippen LogP contribution in [0.15, 0.2) is 41.0 Å². The Balaban J connectivity index is 1.53. The Bertz CT molecular complexity index is 797. The van der Waals surface area contributed by atoms with Crippen molar-refractivity contribution in [2.24, 2.45) is 0 Å². The molecule has 0 unspecified atom stereocenters. The maximum Gasteiger partial charge on any atom is 0.317 e. The average molecular weight is 359 g/mol. The minimum atomic E-state index is -0.328. The van der Waals surface area contributed by atoms with E-state index in [9.17, 15) is 14.0 Å². The van der Waals surface area contributed by atoms with Crippen LogP contribution < -0.4 is 5.32 Å². The van der Waals surface area contributed by atoms with Crippen LogP contribution in [0.3, 0.4) is 0 Å². The van der Waals surface area contributed by atoms with Crippen molar-refractivity contribution in [3.63, 3.8) is 0 Å². The Morgan fingerprint density at radius 2 is 1.85 bits per heavy atom. The molecule has 7 heteroatoms. The number of carbonyl (C=O) groups is 2. The van der Waals surface area contributed by atoms with Gasteiger partial charge >= 0.3 is 6.03 Å². The SMILES string of the molecule is Cc1occc1C(=O)N1CCN(C(=O)N[C@@H](C)c2cccc(F)c2)CC1. The monoisotopic (exact) mass is 359 g/mol. The van der Waals surface area contributed by atoms with Gasteiger partial charge in [-0.1, -0.05) is 12.1 Å². The van der Waals surface area contributed by atoms with Crippen molar-refractivity contribution >= 4 is 11.9 Å². The number of amides is 3. The second-order valence-electron chi connectivity index (χ2n) is 6.40. The predicted octanol–water partition coefficient (Wildman–Crippen LogP) is 2.96. The van der Waals surface area contributed by atoms with Crippen molar-refractivity contribution in [3.8, 4) is 0 Å². The van der Waals surface area contributed by atoms with E-state index in [4.69, 9.17) is 4.42 Å². The molecule has 0 saturated carbocycles. The van der Waals surface area contributed by atoms with Crippen LogP contribution in [0.2, 0.25) is 0 Å². The molecule has 1 aromatic carbocycles. The molecule has 2 heterocycles. The Kier molecular flexibility index (Phi) is 5.25. The molecule has 0 radical (unpaired) electrons. The molecule has 138 valence electrons. The second kappa shape index (κ2) is 7.59. The van der Waals surface area contributed by atoms with Gasteiger partial charge in [0.25, 0.3) is 5.91 Å². The van der Waals surface area contributed by atoms with Gasteiger partial charge < -0.3 is 19.5 Å². The molecule has 1 atom stereocenters. The molecule has 26 heavy (non-hydrogen) atoms. The summed E-state index contributed by atoms with van der Waals surface area (Å²) < 4.78 is 18.5. The van der Waals surface area contributed by atoms with Gasteiger partial charge in [-0.3, -0.25) is 4.79 Å². The Morgan fingerprint density at radius 1 is 1.15 bits per heavy atom. The maximum atomic E-state index is 13.3. The van der Waals surface area contributed by atoms with E-state index in [1.807, 2.05) is 6.92 Å². The van der Waals surface area contributed by atoms with Gasteiger partial charge in [-0.2, -0.15) is 0 Å². The Hall–Kier alpha value is -2.83. The molecule has 1 aliphatic rings. The summed E-state index contributed by atoms with van der Waals surface area (Å²) >= 11 is 0. The molecule has 0 spiro atoms. The summed E-state index contributed by atoms with van der Waals surface area (Å²) in [6.07, 6.45) is 1.50. The summed E-state index contributed by atoms with van der Waals surface area (Å²) in [5, 5.41) is 2.88. The van der Waals surface area contributed by atoms with Crippen molar-refractivity contribution in [2.45, 2.75) is 19.9 Å². The summed E-state index contributed by atoms with van der Waals surface area (Å²) in [6, 6.07) is 7.33. The number of rotatable bonds is 3. The molecule has 6 nitrogen and oxygen atoms in total. The van der Waals surface area contributed by atoms with Crippen LogP contribution in [0.4, 0.5) is 9.18 Å². The topological polar surface area (TPSA) is 65.8 Å². The zero-order valence-electron chi connectivity index (χ0n) is 14.9. The Morgan fingerprint density at radius 3 is 2.46 bits per heavy atom. The van der Waals surface area contributed by atoms with Gasteiger partial charge in [-0.15, -0.1) is 0 Å². The number of aryl methyl sites for hydroxylation is 1. The minimum Gasteiger partial charge on any atom is -0.469 e. The van der Waals surface area contributed by atoms with E-state index in [0.29, 0.717) is 43.1 Å². The third-order valence-electron chi connectivity index (χ3n) is 4.63. The van der Waals surface area contributed by atoms with Gasteiger partial charge in [0.15, 0.2) is 0 Å². The molecular formula is C19H22FN3O3. The zero-order chi connectivity index (χ0) is 18.7. The van der Waals surface area contributed by atoms with Crippen LogP contribution in [0, 0.1) is 12.7 Å². The standard InChI is InChI=1S/C19H22FN3O3/c1-13(15-4-3-5-16(20)12-15)21-19(25)23-9-7-22(8-10-23)18(24)17-6-11-26-14(17)2/h3-6,11-13H,7-10H2,1-2H3,(H,21,25)/t13-/m0/s1. The lowest BCUT2D eigenvalue weighted by Crippen LogP contribution is -2.53.